The second-order valence-electron chi connectivity index (χ2n) is 4.89. The molecule has 2 aromatic carbocycles. The van der Waals surface area contributed by atoms with Gasteiger partial charge in [-0.15, -0.1) is 0 Å². The van der Waals surface area contributed by atoms with E-state index in [-0.39, 0.29) is 6.04 Å². The summed E-state index contributed by atoms with van der Waals surface area (Å²) in [6.45, 7) is 2.09. The number of hydrogen-bond donors (Lipinski definition) is 2. The van der Waals surface area contributed by atoms with Crippen molar-refractivity contribution in [2.75, 3.05) is 7.11 Å². The minimum atomic E-state index is 0.0680. The predicted octanol–water partition coefficient (Wildman–Crippen LogP) is 4.28. The van der Waals surface area contributed by atoms with Crippen LogP contribution in [0.15, 0.2) is 45.3 Å². The van der Waals surface area contributed by atoms with Gasteiger partial charge in [0.15, 0.2) is 0 Å². The van der Waals surface area contributed by atoms with Crippen molar-refractivity contribution in [1.82, 2.24) is 5.43 Å². The van der Waals surface area contributed by atoms with Gasteiger partial charge < -0.3 is 4.74 Å². The maximum absolute atomic E-state index is 5.76. The van der Waals surface area contributed by atoms with Crippen molar-refractivity contribution in [2.24, 2.45) is 5.84 Å². The van der Waals surface area contributed by atoms with Crippen LogP contribution in [0.25, 0.3) is 0 Å². The summed E-state index contributed by atoms with van der Waals surface area (Å²) in [4.78, 5) is 0. The SMILES string of the molecule is COc1ccc(CC(NN)c2ccc(Br)cc2C)cc1Br. The van der Waals surface area contributed by atoms with E-state index in [1.807, 2.05) is 12.1 Å². The summed E-state index contributed by atoms with van der Waals surface area (Å²) in [7, 11) is 1.66. The Hall–Kier alpha value is -0.880. The molecule has 3 N–H and O–H groups in total. The molecule has 0 aliphatic rings. The minimum absolute atomic E-state index is 0.0680. The number of methoxy groups -OCH3 is 1. The average molecular weight is 414 g/mol. The average Bonchev–Trinajstić information content (AvgIpc) is 2.45. The molecule has 2 rings (SSSR count). The largest absolute Gasteiger partial charge is 0.496 e. The van der Waals surface area contributed by atoms with Crippen molar-refractivity contribution in [2.45, 2.75) is 19.4 Å². The van der Waals surface area contributed by atoms with Crippen LogP contribution in [0, 0.1) is 6.92 Å². The Bertz CT molecular complexity index is 632. The van der Waals surface area contributed by atoms with E-state index < -0.39 is 0 Å². The van der Waals surface area contributed by atoms with Gasteiger partial charge in [0.1, 0.15) is 5.75 Å². The van der Waals surface area contributed by atoms with E-state index in [2.05, 4.69) is 68.5 Å². The van der Waals surface area contributed by atoms with Crippen LogP contribution in [0.1, 0.15) is 22.7 Å². The minimum Gasteiger partial charge on any atom is -0.496 e. The van der Waals surface area contributed by atoms with Gasteiger partial charge in [0.25, 0.3) is 0 Å². The van der Waals surface area contributed by atoms with Crippen LogP contribution in [-0.4, -0.2) is 7.11 Å². The Morgan fingerprint density at radius 1 is 1.19 bits per heavy atom. The summed E-state index contributed by atoms with van der Waals surface area (Å²) >= 11 is 7.00. The standard InChI is InChI=1S/C16H18Br2N2O/c1-10-7-12(17)4-5-13(10)15(20-19)9-11-3-6-16(21-2)14(18)8-11/h3-8,15,20H,9,19H2,1-2H3. The van der Waals surface area contributed by atoms with E-state index in [1.54, 1.807) is 7.11 Å². The monoisotopic (exact) mass is 412 g/mol. The third-order valence-corrected chi connectivity index (χ3v) is 4.58. The van der Waals surface area contributed by atoms with E-state index in [4.69, 9.17) is 10.6 Å². The Labute approximate surface area is 142 Å². The molecular formula is C16H18Br2N2O. The quantitative estimate of drug-likeness (QED) is 0.568. The van der Waals surface area contributed by atoms with Crippen LogP contribution in [0.5, 0.6) is 5.75 Å². The molecule has 1 unspecified atom stereocenters. The number of nitrogens with one attached hydrogen (secondary N) is 1. The van der Waals surface area contributed by atoms with Gasteiger partial charge in [0.05, 0.1) is 17.6 Å². The smallest absolute Gasteiger partial charge is 0.133 e. The fourth-order valence-electron chi connectivity index (χ4n) is 2.36. The van der Waals surface area contributed by atoms with Crippen molar-refractivity contribution < 1.29 is 4.74 Å². The molecule has 0 saturated carbocycles. The summed E-state index contributed by atoms with van der Waals surface area (Å²) in [6.07, 6.45) is 0.807. The summed E-state index contributed by atoms with van der Waals surface area (Å²) < 4.78 is 7.28. The number of nitrogens with two attached hydrogens (primary N) is 1. The highest BCUT2D eigenvalue weighted by Crippen LogP contribution is 2.29. The summed E-state index contributed by atoms with van der Waals surface area (Å²) in [5.41, 5.74) is 6.51. The number of halogens is 2. The lowest BCUT2D eigenvalue weighted by Gasteiger charge is -2.19. The van der Waals surface area contributed by atoms with E-state index in [1.165, 1.54) is 16.7 Å². The molecule has 0 aromatic heterocycles. The normalized spacial score (nSPS) is 12.2. The maximum Gasteiger partial charge on any atom is 0.133 e. The Morgan fingerprint density at radius 3 is 2.52 bits per heavy atom. The van der Waals surface area contributed by atoms with Gasteiger partial charge in [-0.1, -0.05) is 28.1 Å². The molecule has 0 spiro atoms. The van der Waals surface area contributed by atoms with Crippen LogP contribution in [0.2, 0.25) is 0 Å². The second-order valence-corrected chi connectivity index (χ2v) is 6.66. The molecule has 0 bridgehead atoms. The molecule has 5 heteroatoms. The highest BCUT2D eigenvalue weighted by molar-refractivity contribution is 9.10. The van der Waals surface area contributed by atoms with Crippen molar-refractivity contribution in [3.8, 4) is 5.75 Å². The first kappa shape index (κ1) is 16.5. The molecule has 0 radical (unpaired) electrons. The number of rotatable bonds is 5. The number of hydrazine groups is 1. The Balaban J connectivity index is 2.24. The van der Waals surface area contributed by atoms with E-state index in [9.17, 15) is 0 Å². The fourth-order valence-corrected chi connectivity index (χ4v) is 3.42. The van der Waals surface area contributed by atoms with E-state index in [0.29, 0.717) is 0 Å². The second kappa shape index (κ2) is 7.40. The lowest BCUT2D eigenvalue weighted by molar-refractivity contribution is 0.412. The third kappa shape index (κ3) is 4.07. The first-order valence-corrected chi connectivity index (χ1v) is 8.18. The van der Waals surface area contributed by atoms with Gasteiger partial charge in [-0.25, -0.2) is 0 Å². The van der Waals surface area contributed by atoms with Crippen molar-refractivity contribution >= 4 is 31.9 Å². The third-order valence-electron chi connectivity index (χ3n) is 3.46. The fraction of sp³-hybridized carbons (Fsp3) is 0.250. The van der Waals surface area contributed by atoms with Crippen LogP contribution in [0.4, 0.5) is 0 Å². The van der Waals surface area contributed by atoms with Gasteiger partial charge in [-0.3, -0.25) is 11.3 Å². The zero-order valence-corrected chi connectivity index (χ0v) is 15.2. The first-order chi connectivity index (χ1) is 10.0. The predicted molar refractivity (Wildman–Crippen MR) is 93.3 cm³/mol. The molecule has 2 aromatic rings. The van der Waals surface area contributed by atoms with Crippen LogP contribution in [-0.2, 0) is 6.42 Å². The van der Waals surface area contributed by atoms with Gasteiger partial charge in [0, 0.05) is 4.47 Å². The molecule has 0 saturated heterocycles. The topological polar surface area (TPSA) is 47.3 Å². The lowest BCUT2D eigenvalue weighted by atomic mass is 9.96. The zero-order chi connectivity index (χ0) is 15.4. The molecule has 0 aliphatic carbocycles. The van der Waals surface area contributed by atoms with Gasteiger partial charge >= 0.3 is 0 Å². The number of hydrogen-bond acceptors (Lipinski definition) is 3. The zero-order valence-electron chi connectivity index (χ0n) is 12.0. The van der Waals surface area contributed by atoms with E-state index >= 15 is 0 Å². The van der Waals surface area contributed by atoms with E-state index in [0.717, 1.165) is 21.1 Å². The molecule has 0 fully saturated rings. The Morgan fingerprint density at radius 2 is 1.95 bits per heavy atom. The number of aryl methyl sites for hydroxylation is 1. The van der Waals surface area contributed by atoms with Crippen LogP contribution < -0.4 is 16.0 Å². The maximum atomic E-state index is 5.76. The lowest BCUT2D eigenvalue weighted by Crippen LogP contribution is -2.30. The highest BCUT2D eigenvalue weighted by Gasteiger charge is 2.14. The van der Waals surface area contributed by atoms with Gasteiger partial charge in [0.2, 0.25) is 0 Å². The first-order valence-electron chi connectivity index (χ1n) is 6.59. The van der Waals surface area contributed by atoms with Crippen LogP contribution >= 0.6 is 31.9 Å². The molecule has 0 aliphatic heterocycles. The molecule has 0 amide bonds. The van der Waals surface area contributed by atoms with Crippen molar-refractivity contribution in [3.05, 3.63) is 62.0 Å². The molecule has 112 valence electrons. The number of benzene rings is 2. The summed E-state index contributed by atoms with van der Waals surface area (Å²) in [6, 6.07) is 12.4. The summed E-state index contributed by atoms with van der Waals surface area (Å²) in [5.74, 6) is 6.59. The molecular weight excluding hydrogens is 396 g/mol. The van der Waals surface area contributed by atoms with Gasteiger partial charge in [-0.05, 0) is 70.2 Å². The molecule has 3 nitrogen and oxygen atoms in total. The molecule has 21 heavy (non-hydrogen) atoms. The number of ether oxygens (including phenoxy) is 1. The van der Waals surface area contributed by atoms with Gasteiger partial charge in [-0.2, -0.15) is 0 Å². The highest BCUT2D eigenvalue weighted by atomic mass is 79.9. The molecule has 1 atom stereocenters. The van der Waals surface area contributed by atoms with Crippen molar-refractivity contribution in [3.63, 3.8) is 0 Å². The van der Waals surface area contributed by atoms with Crippen molar-refractivity contribution in [1.29, 1.82) is 0 Å². The van der Waals surface area contributed by atoms with Crippen LogP contribution in [0.3, 0.4) is 0 Å². The Kier molecular flexibility index (Phi) is 5.81. The summed E-state index contributed by atoms with van der Waals surface area (Å²) in [5, 5.41) is 0. The molecule has 0 heterocycles.